The molecule has 1 fully saturated rings. The van der Waals surface area contributed by atoms with E-state index in [0.29, 0.717) is 34.8 Å². The van der Waals surface area contributed by atoms with Crippen LogP contribution in [0.2, 0.25) is 0 Å². The fourth-order valence-electron chi connectivity index (χ4n) is 3.18. The molecule has 0 radical (unpaired) electrons. The highest BCUT2D eigenvalue weighted by molar-refractivity contribution is 9.10. The highest BCUT2D eigenvalue weighted by Gasteiger charge is 2.25. The van der Waals surface area contributed by atoms with Crippen molar-refractivity contribution in [2.75, 3.05) is 18.0 Å². The van der Waals surface area contributed by atoms with Crippen molar-refractivity contribution in [2.45, 2.75) is 45.3 Å². The molecule has 1 aromatic heterocycles. The second-order valence-electron chi connectivity index (χ2n) is 8.08. The first-order valence-electron chi connectivity index (χ1n) is 9.63. The molecule has 0 bridgehead atoms. The topological polar surface area (TPSA) is 91.1 Å². The van der Waals surface area contributed by atoms with Crippen LogP contribution in [0.5, 0.6) is 0 Å². The van der Waals surface area contributed by atoms with E-state index in [2.05, 4.69) is 36.1 Å². The molecule has 0 saturated carbocycles. The first kappa shape index (κ1) is 22.0. The monoisotopic (exact) mass is 475 g/mol. The van der Waals surface area contributed by atoms with E-state index in [-0.39, 0.29) is 11.6 Å². The largest absolute Gasteiger partial charge is 0.444 e. The maximum Gasteiger partial charge on any atom is 0.407 e. The van der Waals surface area contributed by atoms with E-state index in [0.717, 1.165) is 12.8 Å². The van der Waals surface area contributed by atoms with E-state index < -0.39 is 17.5 Å². The van der Waals surface area contributed by atoms with E-state index >= 15 is 0 Å². The summed E-state index contributed by atoms with van der Waals surface area (Å²) < 4.78 is 19.8. The van der Waals surface area contributed by atoms with Crippen molar-refractivity contribution < 1.29 is 13.9 Å². The number of aromatic nitrogens is 2. The molecule has 3 rings (SSSR count). The minimum absolute atomic E-state index is 0.0152. The summed E-state index contributed by atoms with van der Waals surface area (Å²) in [6.45, 7) is 6.88. The molecule has 0 spiro atoms. The lowest BCUT2D eigenvalue weighted by molar-refractivity contribution is 0.0497. The van der Waals surface area contributed by atoms with Crippen LogP contribution < -0.4 is 10.2 Å². The van der Waals surface area contributed by atoms with Gasteiger partial charge in [0.1, 0.15) is 33.6 Å². The summed E-state index contributed by atoms with van der Waals surface area (Å²) >= 11 is 3.37. The Morgan fingerprint density at radius 2 is 2.07 bits per heavy atom. The highest BCUT2D eigenvalue weighted by Crippen LogP contribution is 2.29. The Labute approximate surface area is 183 Å². The number of amides is 1. The van der Waals surface area contributed by atoms with Gasteiger partial charge in [0.2, 0.25) is 0 Å². The number of carbonyl (C=O) groups is 1. The molecule has 1 amide bonds. The molecule has 0 unspecified atom stereocenters. The quantitative estimate of drug-likeness (QED) is 0.706. The van der Waals surface area contributed by atoms with Gasteiger partial charge in [0.15, 0.2) is 0 Å². The van der Waals surface area contributed by atoms with Crippen molar-refractivity contribution in [1.82, 2.24) is 15.3 Å². The van der Waals surface area contributed by atoms with Crippen LogP contribution in [0.1, 0.15) is 39.2 Å². The molecular formula is C21H23BrFN5O2. The number of benzene rings is 1. The van der Waals surface area contributed by atoms with Crippen molar-refractivity contribution in [2.24, 2.45) is 0 Å². The Kier molecular flexibility index (Phi) is 6.56. The van der Waals surface area contributed by atoms with E-state index in [4.69, 9.17) is 10.00 Å². The Morgan fingerprint density at radius 3 is 2.67 bits per heavy atom. The molecular weight excluding hydrogens is 453 g/mol. The highest BCUT2D eigenvalue weighted by atomic mass is 79.9. The average Bonchev–Trinajstić information content (AvgIpc) is 2.67. The van der Waals surface area contributed by atoms with Crippen LogP contribution in [0.3, 0.4) is 0 Å². The van der Waals surface area contributed by atoms with E-state index in [9.17, 15) is 9.18 Å². The van der Waals surface area contributed by atoms with Gasteiger partial charge in [0.05, 0.1) is 11.8 Å². The first-order valence-corrected chi connectivity index (χ1v) is 10.4. The molecule has 1 N–H and O–H groups in total. The third-order valence-electron chi connectivity index (χ3n) is 4.62. The van der Waals surface area contributed by atoms with Gasteiger partial charge < -0.3 is 15.0 Å². The van der Waals surface area contributed by atoms with Gasteiger partial charge in [-0.05, 0) is 61.7 Å². The third-order valence-corrected chi connectivity index (χ3v) is 5.20. The zero-order valence-corrected chi connectivity index (χ0v) is 18.7. The van der Waals surface area contributed by atoms with Gasteiger partial charge in [0.25, 0.3) is 0 Å². The molecule has 0 aliphatic carbocycles. The van der Waals surface area contributed by atoms with Crippen LogP contribution in [0.15, 0.2) is 29.0 Å². The average molecular weight is 476 g/mol. The van der Waals surface area contributed by atoms with E-state index in [1.165, 1.54) is 12.1 Å². The second-order valence-corrected chi connectivity index (χ2v) is 8.83. The normalized spacial score (nSPS) is 14.9. The van der Waals surface area contributed by atoms with Crippen LogP contribution in [0, 0.1) is 17.1 Å². The maximum atomic E-state index is 14.0. The Morgan fingerprint density at radius 1 is 1.37 bits per heavy atom. The number of nitrogens with one attached hydrogen (secondary N) is 1. The molecule has 9 heteroatoms. The number of carbonyl (C=O) groups excluding carboxylic acids is 1. The number of halogens is 2. The van der Waals surface area contributed by atoms with Crippen molar-refractivity contribution in [3.8, 4) is 17.3 Å². The van der Waals surface area contributed by atoms with Gasteiger partial charge in [-0.15, -0.1) is 0 Å². The van der Waals surface area contributed by atoms with Crippen LogP contribution in [0.4, 0.5) is 15.0 Å². The number of rotatable bonds is 3. The minimum atomic E-state index is -0.594. The zero-order chi connectivity index (χ0) is 21.9. The molecule has 30 heavy (non-hydrogen) atoms. The molecule has 158 valence electrons. The fourth-order valence-corrected chi connectivity index (χ4v) is 3.60. The number of piperidine rings is 1. The lowest BCUT2D eigenvalue weighted by Gasteiger charge is -2.33. The fraction of sp³-hybridized carbons (Fsp3) is 0.429. The van der Waals surface area contributed by atoms with Gasteiger partial charge in [-0.25, -0.2) is 19.2 Å². The zero-order valence-electron chi connectivity index (χ0n) is 17.1. The summed E-state index contributed by atoms with van der Waals surface area (Å²) in [5, 5.41) is 11.8. The van der Waals surface area contributed by atoms with Gasteiger partial charge in [0, 0.05) is 24.7 Å². The molecule has 2 aromatic rings. The Hall–Kier alpha value is -2.73. The summed E-state index contributed by atoms with van der Waals surface area (Å²) in [5.74, 6) is 0.0804. The summed E-state index contributed by atoms with van der Waals surface area (Å²) in [4.78, 5) is 23.0. The summed E-state index contributed by atoms with van der Waals surface area (Å²) in [6, 6.07) is 6.21. The number of anilines is 1. The molecule has 7 nitrogen and oxygen atoms in total. The number of hydrogen-bond acceptors (Lipinski definition) is 6. The van der Waals surface area contributed by atoms with E-state index in [1.54, 1.807) is 12.3 Å². The van der Waals surface area contributed by atoms with Crippen LogP contribution in [-0.4, -0.2) is 40.8 Å². The van der Waals surface area contributed by atoms with Gasteiger partial charge in [-0.1, -0.05) is 6.07 Å². The van der Waals surface area contributed by atoms with Gasteiger partial charge in [-0.3, -0.25) is 0 Å². The van der Waals surface area contributed by atoms with Crippen molar-refractivity contribution >= 4 is 27.8 Å². The lowest BCUT2D eigenvalue weighted by Crippen LogP contribution is -2.46. The third kappa shape index (κ3) is 5.45. The van der Waals surface area contributed by atoms with Gasteiger partial charge >= 0.3 is 6.09 Å². The number of alkyl carbamates (subject to hydrolysis) is 1. The maximum absolute atomic E-state index is 14.0. The Bertz CT molecular complexity index is 978. The van der Waals surface area contributed by atoms with Crippen molar-refractivity contribution in [3.63, 3.8) is 0 Å². The predicted octanol–water partition coefficient (Wildman–Crippen LogP) is 4.41. The van der Waals surface area contributed by atoms with Crippen LogP contribution >= 0.6 is 15.9 Å². The molecule has 0 atom stereocenters. The summed E-state index contributed by atoms with van der Waals surface area (Å²) in [6.07, 6.45) is 2.75. The first-order chi connectivity index (χ1) is 14.2. The molecule has 1 aliphatic rings. The van der Waals surface area contributed by atoms with Crippen molar-refractivity contribution in [1.29, 1.82) is 5.26 Å². The van der Waals surface area contributed by atoms with E-state index in [1.807, 2.05) is 26.8 Å². The molecule has 1 aromatic carbocycles. The minimum Gasteiger partial charge on any atom is -0.444 e. The molecule has 1 saturated heterocycles. The molecule has 2 heterocycles. The summed E-state index contributed by atoms with van der Waals surface area (Å²) in [5.41, 5.74) is 0.497. The van der Waals surface area contributed by atoms with Crippen LogP contribution in [-0.2, 0) is 4.74 Å². The number of ether oxygens (including phenoxy) is 1. The van der Waals surface area contributed by atoms with Crippen LogP contribution in [0.25, 0.3) is 11.3 Å². The smallest absolute Gasteiger partial charge is 0.407 e. The number of hydrogen-bond donors (Lipinski definition) is 1. The summed E-state index contributed by atoms with van der Waals surface area (Å²) in [7, 11) is 0. The second kappa shape index (κ2) is 8.96. The standard InChI is InChI=1S/C21H23BrFN5O2/c1-21(2,3)30-20(29)26-15-6-8-28(9-7-15)17-12-25-19(22)18(27-17)13-4-5-14(11-24)16(23)10-13/h4-5,10,12,15H,6-9H2,1-3H3,(H,26,29). The number of nitrogens with zero attached hydrogens (tertiary/aromatic N) is 4. The Balaban J connectivity index is 1.68. The predicted molar refractivity (Wildman–Crippen MR) is 114 cm³/mol. The van der Waals surface area contributed by atoms with Crippen molar-refractivity contribution in [3.05, 3.63) is 40.4 Å². The SMILES string of the molecule is CC(C)(C)OC(=O)NC1CCN(c2cnc(Br)c(-c3ccc(C#N)c(F)c3)n2)CC1. The lowest BCUT2D eigenvalue weighted by atomic mass is 10.1. The van der Waals surface area contributed by atoms with Gasteiger partial charge in [-0.2, -0.15) is 5.26 Å². The molecule has 1 aliphatic heterocycles. The number of nitriles is 1.